The van der Waals surface area contributed by atoms with Gasteiger partial charge in [-0.1, -0.05) is 32.4 Å². The van der Waals surface area contributed by atoms with Crippen molar-refractivity contribution in [2.24, 2.45) is 5.92 Å². The fourth-order valence-electron chi connectivity index (χ4n) is 1.51. The first-order valence-electron chi connectivity index (χ1n) is 5.47. The molecular formula is C13H17FN2. The Morgan fingerprint density at radius 1 is 1.50 bits per heavy atom. The van der Waals surface area contributed by atoms with E-state index in [1.807, 2.05) is 13.8 Å². The third-order valence-corrected chi connectivity index (χ3v) is 3.10. The van der Waals surface area contributed by atoms with Gasteiger partial charge in [-0.15, -0.1) is 0 Å². The molecule has 1 aromatic rings. The molecule has 0 bridgehead atoms. The van der Waals surface area contributed by atoms with Gasteiger partial charge in [0.15, 0.2) is 0 Å². The zero-order valence-electron chi connectivity index (χ0n) is 9.92. The molecule has 0 aliphatic heterocycles. The Labute approximate surface area is 96.1 Å². The van der Waals surface area contributed by atoms with Crippen molar-refractivity contribution in [3.05, 3.63) is 30.1 Å². The van der Waals surface area contributed by atoms with E-state index < -0.39 is 5.54 Å². The molecule has 0 heterocycles. The molecule has 16 heavy (non-hydrogen) atoms. The van der Waals surface area contributed by atoms with Gasteiger partial charge in [0.25, 0.3) is 0 Å². The van der Waals surface area contributed by atoms with Crippen molar-refractivity contribution >= 4 is 5.69 Å². The minimum atomic E-state index is -0.739. The van der Waals surface area contributed by atoms with Crippen molar-refractivity contribution in [2.45, 2.75) is 32.7 Å². The maximum Gasteiger partial charge on any atom is 0.146 e. The van der Waals surface area contributed by atoms with Gasteiger partial charge < -0.3 is 5.32 Å². The third-order valence-electron chi connectivity index (χ3n) is 3.10. The number of nitriles is 1. The van der Waals surface area contributed by atoms with E-state index in [2.05, 4.69) is 11.4 Å². The quantitative estimate of drug-likeness (QED) is 0.842. The summed E-state index contributed by atoms with van der Waals surface area (Å²) in [5.74, 6) is -0.176. The van der Waals surface area contributed by atoms with Crippen molar-refractivity contribution in [3.8, 4) is 6.07 Å². The van der Waals surface area contributed by atoms with Gasteiger partial charge in [-0.05, 0) is 25.0 Å². The van der Waals surface area contributed by atoms with Crippen molar-refractivity contribution in [1.29, 1.82) is 5.26 Å². The number of hydrogen-bond acceptors (Lipinski definition) is 2. The number of benzene rings is 1. The summed E-state index contributed by atoms with van der Waals surface area (Å²) in [5, 5.41) is 12.2. The van der Waals surface area contributed by atoms with Crippen LogP contribution >= 0.6 is 0 Å². The molecular weight excluding hydrogens is 203 g/mol. The van der Waals surface area contributed by atoms with E-state index in [0.717, 1.165) is 6.42 Å². The van der Waals surface area contributed by atoms with Gasteiger partial charge in [-0.2, -0.15) is 5.26 Å². The van der Waals surface area contributed by atoms with Crippen LogP contribution in [0.5, 0.6) is 0 Å². The van der Waals surface area contributed by atoms with Crippen molar-refractivity contribution in [2.75, 3.05) is 5.32 Å². The summed E-state index contributed by atoms with van der Waals surface area (Å²) in [4.78, 5) is 0. The number of halogens is 1. The predicted octanol–water partition coefficient (Wildman–Crippen LogP) is 3.57. The van der Waals surface area contributed by atoms with Crippen LogP contribution in [0.1, 0.15) is 27.2 Å². The van der Waals surface area contributed by atoms with Crippen LogP contribution in [-0.4, -0.2) is 5.54 Å². The van der Waals surface area contributed by atoms with Crippen molar-refractivity contribution < 1.29 is 4.39 Å². The fourth-order valence-corrected chi connectivity index (χ4v) is 1.51. The third kappa shape index (κ3) is 2.52. The smallest absolute Gasteiger partial charge is 0.146 e. The van der Waals surface area contributed by atoms with Crippen LogP contribution in [0.3, 0.4) is 0 Å². The Hall–Kier alpha value is -1.56. The number of anilines is 1. The average Bonchev–Trinajstić information content (AvgIpc) is 2.31. The van der Waals surface area contributed by atoms with E-state index in [4.69, 9.17) is 0 Å². The molecule has 0 fully saturated rings. The first kappa shape index (κ1) is 12.5. The molecule has 0 aromatic heterocycles. The number of hydrogen-bond donors (Lipinski definition) is 1. The summed E-state index contributed by atoms with van der Waals surface area (Å²) in [6.45, 7) is 5.80. The lowest BCUT2D eigenvalue weighted by molar-refractivity contribution is 0.413. The van der Waals surface area contributed by atoms with Crippen molar-refractivity contribution in [3.63, 3.8) is 0 Å². The van der Waals surface area contributed by atoms with Crippen LogP contribution in [0.2, 0.25) is 0 Å². The van der Waals surface area contributed by atoms with Gasteiger partial charge in [0.1, 0.15) is 11.4 Å². The molecule has 1 rings (SSSR count). The Kier molecular flexibility index (Phi) is 3.89. The Morgan fingerprint density at radius 3 is 2.62 bits per heavy atom. The Bertz CT molecular complexity index is 397. The monoisotopic (exact) mass is 220 g/mol. The van der Waals surface area contributed by atoms with E-state index in [9.17, 15) is 9.65 Å². The van der Waals surface area contributed by atoms with Crippen molar-refractivity contribution in [1.82, 2.24) is 0 Å². The second-order valence-corrected chi connectivity index (χ2v) is 4.23. The lowest BCUT2D eigenvalue weighted by atomic mass is 9.86. The van der Waals surface area contributed by atoms with Crippen LogP contribution in [0.4, 0.5) is 10.1 Å². The van der Waals surface area contributed by atoms with E-state index >= 15 is 0 Å². The van der Waals surface area contributed by atoms with Gasteiger partial charge in [0, 0.05) is 0 Å². The number of nitrogens with one attached hydrogen (secondary N) is 1. The van der Waals surface area contributed by atoms with Gasteiger partial charge >= 0.3 is 0 Å². The second-order valence-electron chi connectivity index (χ2n) is 4.23. The molecule has 0 spiro atoms. The van der Waals surface area contributed by atoms with Gasteiger partial charge in [0.05, 0.1) is 11.8 Å². The highest BCUT2D eigenvalue weighted by Crippen LogP contribution is 2.26. The first-order chi connectivity index (χ1) is 7.53. The molecule has 1 N–H and O–H groups in total. The fraction of sp³-hybridized carbons (Fsp3) is 0.462. The molecule has 0 saturated carbocycles. The van der Waals surface area contributed by atoms with Gasteiger partial charge in [-0.3, -0.25) is 0 Å². The Morgan fingerprint density at radius 2 is 2.12 bits per heavy atom. The van der Waals surface area contributed by atoms with Crippen LogP contribution < -0.4 is 5.32 Å². The summed E-state index contributed by atoms with van der Waals surface area (Å²) in [5.41, 5.74) is -0.358. The number of rotatable bonds is 4. The maximum absolute atomic E-state index is 13.5. The molecule has 1 aromatic carbocycles. The normalized spacial score (nSPS) is 15.9. The standard InChI is InChI=1S/C13H17FN2/c1-4-10(2)13(3,9-15)16-12-8-6-5-7-11(12)14/h5-8,10,16H,4H2,1-3H3. The maximum atomic E-state index is 13.5. The van der Waals surface area contributed by atoms with Crippen LogP contribution in [0.15, 0.2) is 24.3 Å². The number of para-hydroxylation sites is 1. The highest BCUT2D eigenvalue weighted by molar-refractivity contribution is 5.48. The second kappa shape index (κ2) is 4.98. The minimum absolute atomic E-state index is 0.150. The molecule has 0 aliphatic rings. The molecule has 86 valence electrons. The SMILES string of the molecule is CCC(C)C(C)(C#N)Nc1ccccc1F. The number of nitrogens with zero attached hydrogens (tertiary/aromatic N) is 1. The summed E-state index contributed by atoms with van der Waals surface area (Å²) in [7, 11) is 0. The highest BCUT2D eigenvalue weighted by Gasteiger charge is 2.30. The summed E-state index contributed by atoms with van der Waals surface area (Å²) in [6.07, 6.45) is 0.867. The molecule has 0 radical (unpaired) electrons. The van der Waals surface area contributed by atoms with E-state index in [1.165, 1.54) is 6.07 Å². The average molecular weight is 220 g/mol. The molecule has 2 nitrogen and oxygen atoms in total. The predicted molar refractivity (Wildman–Crippen MR) is 63.5 cm³/mol. The van der Waals surface area contributed by atoms with E-state index in [1.54, 1.807) is 25.1 Å². The first-order valence-corrected chi connectivity index (χ1v) is 5.47. The lowest BCUT2D eigenvalue weighted by Gasteiger charge is -2.30. The topological polar surface area (TPSA) is 35.8 Å². The molecule has 0 saturated heterocycles. The van der Waals surface area contributed by atoms with Crippen LogP contribution in [0, 0.1) is 23.1 Å². The molecule has 3 heteroatoms. The molecule has 0 amide bonds. The van der Waals surface area contributed by atoms with Crippen LogP contribution in [0.25, 0.3) is 0 Å². The minimum Gasteiger partial charge on any atom is -0.365 e. The lowest BCUT2D eigenvalue weighted by Crippen LogP contribution is -2.40. The zero-order chi connectivity index (χ0) is 12.2. The highest BCUT2D eigenvalue weighted by atomic mass is 19.1. The molecule has 2 atom stereocenters. The largest absolute Gasteiger partial charge is 0.365 e. The molecule has 0 aliphatic carbocycles. The summed E-state index contributed by atoms with van der Waals surface area (Å²) >= 11 is 0. The van der Waals surface area contributed by atoms with E-state index in [-0.39, 0.29) is 11.7 Å². The zero-order valence-corrected chi connectivity index (χ0v) is 9.92. The van der Waals surface area contributed by atoms with E-state index in [0.29, 0.717) is 5.69 Å². The molecule has 2 unspecified atom stereocenters. The van der Waals surface area contributed by atoms with Crippen LogP contribution in [-0.2, 0) is 0 Å². The summed E-state index contributed by atoms with van der Waals surface area (Å²) < 4.78 is 13.5. The van der Waals surface area contributed by atoms with Gasteiger partial charge in [-0.25, -0.2) is 4.39 Å². The van der Waals surface area contributed by atoms with Gasteiger partial charge in [0.2, 0.25) is 0 Å². The summed E-state index contributed by atoms with van der Waals surface area (Å²) in [6, 6.07) is 8.64. The Balaban J connectivity index is 2.95.